The molecule has 1 aliphatic rings. The number of barbiturate groups is 1. The van der Waals surface area contributed by atoms with Crippen molar-refractivity contribution in [1.29, 1.82) is 0 Å². The van der Waals surface area contributed by atoms with Crippen molar-refractivity contribution in [3.63, 3.8) is 0 Å². The van der Waals surface area contributed by atoms with E-state index in [2.05, 4.69) is 5.32 Å². The van der Waals surface area contributed by atoms with E-state index in [4.69, 9.17) is 4.74 Å². The van der Waals surface area contributed by atoms with Crippen molar-refractivity contribution in [3.05, 3.63) is 58.4 Å². The summed E-state index contributed by atoms with van der Waals surface area (Å²) in [5.74, 6) is -1.83. The molecule has 0 bridgehead atoms. The van der Waals surface area contributed by atoms with Gasteiger partial charge in [0, 0.05) is 24.1 Å². The van der Waals surface area contributed by atoms with E-state index in [0.29, 0.717) is 11.1 Å². The fourth-order valence-corrected chi connectivity index (χ4v) is 3.12. The minimum absolute atomic E-state index is 0.120. The third-order valence-electron chi connectivity index (χ3n) is 4.60. The van der Waals surface area contributed by atoms with Crippen LogP contribution in [0.25, 0.3) is 11.8 Å². The summed E-state index contributed by atoms with van der Waals surface area (Å²) in [5, 5.41) is 2.13. The number of ether oxygens (including phenoxy) is 1. The summed E-state index contributed by atoms with van der Waals surface area (Å²) in [4.78, 5) is 48.6. The highest BCUT2D eigenvalue weighted by Gasteiger charge is 2.33. The van der Waals surface area contributed by atoms with Gasteiger partial charge >= 0.3 is 12.0 Å². The topological polar surface area (TPSA) is 97.7 Å². The van der Waals surface area contributed by atoms with Crippen molar-refractivity contribution in [3.8, 4) is 5.69 Å². The highest BCUT2D eigenvalue weighted by Crippen LogP contribution is 2.24. The van der Waals surface area contributed by atoms with Gasteiger partial charge in [0.2, 0.25) is 0 Å². The molecule has 1 saturated heterocycles. The summed E-state index contributed by atoms with van der Waals surface area (Å²) in [6, 6.07) is 8.02. The van der Waals surface area contributed by atoms with Crippen LogP contribution >= 0.6 is 0 Å². The lowest BCUT2D eigenvalue weighted by Gasteiger charge is -2.22. The number of aromatic nitrogens is 1. The summed E-state index contributed by atoms with van der Waals surface area (Å²) in [6.45, 7) is 3.71. The van der Waals surface area contributed by atoms with Crippen LogP contribution in [0.5, 0.6) is 0 Å². The van der Waals surface area contributed by atoms with Crippen LogP contribution < -0.4 is 5.32 Å². The molecule has 4 amide bonds. The number of amides is 4. The van der Waals surface area contributed by atoms with Gasteiger partial charge in [0.05, 0.1) is 12.7 Å². The molecule has 0 aliphatic carbocycles. The van der Waals surface area contributed by atoms with E-state index in [-0.39, 0.29) is 5.57 Å². The Hall–Kier alpha value is -3.68. The minimum Gasteiger partial charge on any atom is -0.465 e. The lowest BCUT2D eigenvalue weighted by molar-refractivity contribution is -0.129. The van der Waals surface area contributed by atoms with Gasteiger partial charge in [-0.15, -0.1) is 0 Å². The number of methoxy groups -OCH3 is 1. The molecule has 1 aliphatic heterocycles. The Bertz CT molecular complexity index is 1050. The molecule has 0 spiro atoms. The number of imide groups is 2. The molecule has 1 aromatic carbocycles. The Labute approximate surface area is 161 Å². The van der Waals surface area contributed by atoms with Gasteiger partial charge in [-0.25, -0.2) is 9.59 Å². The van der Waals surface area contributed by atoms with Crippen molar-refractivity contribution in [2.45, 2.75) is 13.8 Å². The Morgan fingerprint density at radius 3 is 2.54 bits per heavy atom. The summed E-state index contributed by atoms with van der Waals surface area (Å²) in [5.41, 5.74) is 3.31. The maximum atomic E-state index is 12.3. The molecule has 28 heavy (non-hydrogen) atoms. The van der Waals surface area contributed by atoms with Crippen LogP contribution in [-0.4, -0.2) is 47.4 Å². The SMILES string of the molecule is COC(=O)c1cccc(-n2c(C)cc(/C=C3/C(=O)NC(=O)N(C)C3=O)c2C)c1. The molecule has 0 unspecified atom stereocenters. The number of nitrogens with zero attached hydrogens (tertiary/aromatic N) is 2. The maximum Gasteiger partial charge on any atom is 0.337 e. The summed E-state index contributed by atoms with van der Waals surface area (Å²) in [6.07, 6.45) is 1.46. The number of urea groups is 1. The minimum atomic E-state index is -0.753. The molecule has 2 heterocycles. The second kappa shape index (κ2) is 7.15. The van der Waals surface area contributed by atoms with E-state index < -0.39 is 23.8 Å². The Kier molecular flexibility index (Phi) is 4.87. The zero-order valence-electron chi connectivity index (χ0n) is 15.9. The van der Waals surface area contributed by atoms with Crippen LogP contribution in [-0.2, 0) is 14.3 Å². The summed E-state index contributed by atoms with van der Waals surface area (Å²) >= 11 is 0. The van der Waals surface area contributed by atoms with Gasteiger partial charge in [-0.2, -0.15) is 0 Å². The molecule has 1 aromatic heterocycles. The first kappa shape index (κ1) is 19.1. The van der Waals surface area contributed by atoms with Crippen molar-refractivity contribution < 1.29 is 23.9 Å². The van der Waals surface area contributed by atoms with Crippen LogP contribution in [0.2, 0.25) is 0 Å². The van der Waals surface area contributed by atoms with Crippen LogP contribution in [0.3, 0.4) is 0 Å². The number of carbonyl (C=O) groups excluding carboxylic acids is 4. The predicted molar refractivity (Wildman–Crippen MR) is 101 cm³/mol. The molecule has 0 saturated carbocycles. The predicted octanol–water partition coefficient (Wildman–Crippen LogP) is 1.97. The van der Waals surface area contributed by atoms with Gasteiger partial charge in [-0.1, -0.05) is 6.07 Å². The first-order valence-corrected chi connectivity index (χ1v) is 8.47. The fourth-order valence-electron chi connectivity index (χ4n) is 3.12. The third-order valence-corrected chi connectivity index (χ3v) is 4.60. The number of likely N-dealkylation sites (N-methyl/N-ethyl adjacent to an activating group) is 1. The summed E-state index contributed by atoms with van der Waals surface area (Å²) < 4.78 is 6.67. The standard InChI is InChI=1S/C20H19N3O5/c1-11-8-14(10-16-17(24)21-20(27)22(3)18(16)25)12(2)23(11)15-7-5-6-13(9-15)19(26)28-4/h5-10H,1-4H3,(H,21,24,27)/b16-10-. The van der Waals surface area contributed by atoms with E-state index in [1.807, 2.05) is 30.5 Å². The quantitative estimate of drug-likeness (QED) is 0.498. The Morgan fingerprint density at radius 2 is 1.86 bits per heavy atom. The first-order valence-electron chi connectivity index (χ1n) is 8.47. The zero-order chi connectivity index (χ0) is 20.6. The zero-order valence-corrected chi connectivity index (χ0v) is 15.9. The number of esters is 1. The van der Waals surface area contributed by atoms with E-state index in [1.165, 1.54) is 20.2 Å². The van der Waals surface area contributed by atoms with Gasteiger partial charge in [0.1, 0.15) is 5.57 Å². The third kappa shape index (κ3) is 3.20. The van der Waals surface area contributed by atoms with Crippen LogP contribution in [0, 0.1) is 13.8 Å². The second-order valence-electron chi connectivity index (χ2n) is 6.39. The number of benzene rings is 1. The van der Waals surface area contributed by atoms with Crippen molar-refractivity contribution in [1.82, 2.24) is 14.8 Å². The number of carbonyl (C=O) groups is 4. The van der Waals surface area contributed by atoms with Gasteiger partial charge < -0.3 is 9.30 Å². The van der Waals surface area contributed by atoms with Crippen LogP contribution in [0.15, 0.2) is 35.9 Å². The van der Waals surface area contributed by atoms with Crippen molar-refractivity contribution in [2.75, 3.05) is 14.2 Å². The molecule has 1 N–H and O–H groups in total. The Morgan fingerprint density at radius 1 is 1.14 bits per heavy atom. The molecular weight excluding hydrogens is 362 g/mol. The van der Waals surface area contributed by atoms with Gasteiger partial charge in [0.25, 0.3) is 11.8 Å². The molecule has 0 atom stereocenters. The molecular formula is C20H19N3O5. The highest BCUT2D eigenvalue weighted by molar-refractivity contribution is 6.30. The number of aryl methyl sites for hydroxylation is 1. The monoisotopic (exact) mass is 381 g/mol. The average molecular weight is 381 g/mol. The smallest absolute Gasteiger partial charge is 0.337 e. The summed E-state index contributed by atoms with van der Waals surface area (Å²) in [7, 11) is 2.62. The maximum absolute atomic E-state index is 12.3. The van der Waals surface area contributed by atoms with Crippen LogP contribution in [0.4, 0.5) is 4.79 Å². The van der Waals surface area contributed by atoms with Gasteiger partial charge in [0.15, 0.2) is 0 Å². The number of nitrogens with one attached hydrogen (secondary N) is 1. The lowest BCUT2D eigenvalue weighted by atomic mass is 10.1. The molecule has 2 aromatic rings. The van der Waals surface area contributed by atoms with Crippen molar-refractivity contribution >= 4 is 29.9 Å². The normalized spacial score (nSPS) is 15.8. The lowest BCUT2D eigenvalue weighted by Crippen LogP contribution is -2.52. The first-order chi connectivity index (χ1) is 13.2. The molecule has 3 rings (SSSR count). The van der Waals surface area contributed by atoms with E-state index in [9.17, 15) is 19.2 Å². The van der Waals surface area contributed by atoms with E-state index in [1.54, 1.807) is 18.2 Å². The van der Waals surface area contributed by atoms with Crippen molar-refractivity contribution in [2.24, 2.45) is 0 Å². The highest BCUT2D eigenvalue weighted by atomic mass is 16.5. The molecule has 0 radical (unpaired) electrons. The molecule has 1 fully saturated rings. The fraction of sp³-hybridized carbons (Fsp3) is 0.200. The second-order valence-corrected chi connectivity index (χ2v) is 6.39. The van der Waals surface area contributed by atoms with E-state index >= 15 is 0 Å². The van der Waals surface area contributed by atoms with E-state index in [0.717, 1.165) is 22.0 Å². The molecule has 144 valence electrons. The number of hydrogen-bond acceptors (Lipinski definition) is 5. The van der Waals surface area contributed by atoms with Gasteiger partial charge in [-0.05, 0) is 49.8 Å². The average Bonchev–Trinajstić information content (AvgIpc) is 2.96. The van der Waals surface area contributed by atoms with Crippen LogP contribution in [0.1, 0.15) is 27.3 Å². The number of hydrogen-bond donors (Lipinski definition) is 1. The Balaban J connectivity index is 2.06. The molecule has 8 heteroatoms. The molecule has 8 nitrogen and oxygen atoms in total. The largest absolute Gasteiger partial charge is 0.465 e. The van der Waals surface area contributed by atoms with Gasteiger partial charge in [-0.3, -0.25) is 19.8 Å². The number of rotatable bonds is 3.